The maximum atomic E-state index is 14.3. The van der Waals surface area contributed by atoms with E-state index in [2.05, 4.69) is 42.2 Å². The normalized spacial score (nSPS) is 16.7. The summed E-state index contributed by atoms with van der Waals surface area (Å²) < 4.78 is 16.7. The van der Waals surface area contributed by atoms with Crippen LogP contribution in [-0.4, -0.2) is 144 Å². The van der Waals surface area contributed by atoms with Crippen molar-refractivity contribution in [3.8, 4) is 0 Å². The molecule has 1 fully saturated rings. The molecule has 2 aromatic rings. The van der Waals surface area contributed by atoms with Gasteiger partial charge in [0.2, 0.25) is 23.6 Å². The Morgan fingerprint density at radius 2 is 1.64 bits per heavy atom. The van der Waals surface area contributed by atoms with E-state index in [9.17, 15) is 38.7 Å². The molecule has 1 aromatic heterocycles. The van der Waals surface area contributed by atoms with Crippen LogP contribution in [0.2, 0.25) is 0 Å². The second-order valence-electron chi connectivity index (χ2n) is 17.6. The number of rotatable bonds is 29. The molecule has 0 bridgehead atoms. The molecule has 3 rings (SSSR count). The average Bonchev–Trinajstić information content (AvgIpc) is 3.79. The first-order chi connectivity index (χ1) is 31.8. The smallest absolute Gasteiger partial charge is 0.306 e. The molecule has 67 heavy (non-hydrogen) atoms. The topological polar surface area (TPSA) is 235 Å². The van der Waals surface area contributed by atoms with Crippen molar-refractivity contribution in [1.82, 2.24) is 30.7 Å². The number of nitrogens with zero attached hydrogens (tertiary/aromatic N) is 3. The summed E-state index contributed by atoms with van der Waals surface area (Å²) in [5.74, 6) is -3.90. The first-order valence-electron chi connectivity index (χ1n) is 23.1. The van der Waals surface area contributed by atoms with Gasteiger partial charge in [-0.05, 0) is 68.8 Å². The Morgan fingerprint density at radius 3 is 2.25 bits per heavy atom. The van der Waals surface area contributed by atoms with E-state index in [-0.39, 0.29) is 84.8 Å². The summed E-state index contributed by atoms with van der Waals surface area (Å²) in [5.41, 5.74) is 1.41. The minimum Gasteiger partial charge on any atom is -0.481 e. The number of likely N-dealkylation sites (N-methyl/N-ethyl adjacent to an activating group) is 2. The molecule has 5 amide bonds. The van der Waals surface area contributed by atoms with Crippen LogP contribution in [0.3, 0.4) is 0 Å². The Hall–Kier alpha value is -4.50. The van der Waals surface area contributed by atoms with Gasteiger partial charge >= 0.3 is 11.9 Å². The third-order valence-corrected chi connectivity index (χ3v) is 13.4. The summed E-state index contributed by atoms with van der Waals surface area (Å²) in [6.07, 6.45) is 3.18. The largest absolute Gasteiger partial charge is 0.481 e. The first-order valence-corrected chi connectivity index (χ1v) is 25.2. The van der Waals surface area contributed by atoms with Crippen LogP contribution < -0.4 is 21.3 Å². The van der Waals surface area contributed by atoms with E-state index in [4.69, 9.17) is 14.2 Å². The highest BCUT2D eigenvalue weighted by Gasteiger charge is 2.37. The summed E-state index contributed by atoms with van der Waals surface area (Å²) in [6, 6.07) is 4.92. The quantitative estimate of drug-likeness (QED) is 0.0413. The van der Waals surface area contributed by atoms with Gasteiger partial charge in [-0.15, -0.1) is 11.3 Å². The van der Waals surface area contributed by atoms with Crippen molar-refractivity contribution in [2.75, 3.05) is 64.3 Å². The monoisotopic (exact) mass is 1020 g/mol. The number of piperidine rings is 1. The summed E-state index contributed by atoms with van der Waals surface area (Å²) in [7, 11) is 3.63. The van der Waals surface area contributed by atoms with Gasteiger partial charge in [0.25, 0.3) is 5.91 Å². The molecule has 20 heteroatoms. The second kappa shape index (κ2) is 29.4. The zero-order valence-corrected chi connectivity index (χ0v) is 42.7. The van der Waals surface area contributed by atoms with Crippen LogP contribution in [0.4, 0.5) is 5.69 Å². The maximum Gasteiger partial charge on any atom is 0.306 e. The number of thiazole rings is 1. The number of esters is 1. The first kappa shape index (κ1) is 56.8. The number of halogens is 1. The van der Waals surface area contributed by atoms with Crippen LogP contribution in [0.5, 0.6) is 0 Å². The zero-order chi connectivity index (χ0) is 49.6. The molecule has 1 saturated heterocycles. The van der Waals surface area contributed by atoms with Crippen molar-refractivity contribution < 1.29 is 52.9 Å². The SMILES string of the molecule is CC[C@H](C)[C@H](NC(=O)[C@H]1CCCCN1C)C(=O)N(C)[C@H](C[C@@H](OC(C)=O)c1nc(C(=O)N[C@@H](Cc2ccc(NC(=O)CCOCCOCCNC(=O)CBr)cc2)C[C@H](C)C(=O)O)cs1)C(C)C. The third kappa shape index (κ3) is 19.6. The van der Waals surface area contributed by atoms with Crippen LogP contribution >= 0.6 is 27.3 Å². The molecule has 2 heterocycles. The highest BCUT2D eigenvalue weighted by molar-refractivity contribution is 9.09. The highest BCUT2D eigenvalue weighted by Crippen LogP contribution is 2.31. The molecule has 0 aliphatic carbocycles. The number of aromatic nitrogens is 1. The predicted octanol–water partition coefficient (Wildman–Crippen LogP) is 4.96. The average molecular weight is 1020 g/mol. The molecule has 0 saturated carbocycles. The fraction of sp³-hybridized carbons (Fsp3) is 0.660. The lowest BCUT2D eigenvalue weighted by molar-refractivity contribution is -0.149. The molecular formula is C47H72BrN7O11S. The number of anilines is 1. The van der Waals surface area contributed by atoms with E-state index in [0.717, 1.165) is 42.7 Å². The number of nitrogens with one attached hydrogen (secondary N) is 4. The van der Waals surface area contributed by atoms with Gasteiger partial charge in [0.05, 0.1) is 50.1 Å². The molecule has 0 spiro atoms. The Kier molecular flexibility index (Phi) is 24.9. The molecule has 7 atom stereocenters. The van der Waals surface area contributed by atoms with Gasteiger partial charge in [-0.25, -0.2) is 4.98 Å². The Morgan fingerprint density at radius 1 is 0.955 bits per heavy atom. The number of carboxylic acids is 1. The molecule has 1 aliphatic rings. The molecular weight excluding hydrogens is 951 g/mol. The molecule has 0 radical (unpaired) electrons. The molecule has 374 valence electrons. The number of amides is 5. The van der Waals surface area contributed by atoms with Crippen molar-refractivity contribution in [1.29, 1.82) is 0 Å². The van der Waals surface area contributed by atoms with Crippen LogP contribution in [0.25, 0.3) is 0 Å². The van der Waals surface area contributed by atoms with Crippen LogP contribution in [0.15, 0.2) is 29.6 Å². The lowest BCUT2D eigenvalue weighted by atomic mass is 9.92. The van der Waals surface area contributed by atoms with Gasteiger partial charge in [-0.1, -0.05) is 75.5 Å². The Balaban J connectivity index is 1.66. The number of alkyl halides is 1. The van der Waals surface area contributed by atoms with Gasteiger partial charge < -0.3 is 45.5 Å². The van der Waals surface area contributed by atoms with Gasteiger partial charge in [-0.3, -0.25) is 38.5 Å². The number of likely N-dealkylation sites (tertiary alicyclic amines) is 1. The Bertz CT molecular complexity index is 1920. The van der Waals surface area contributed by atoms with Gasteiger partial charge in [-0.2, -0.15) is 0 Å². The molecule has 5 N–H and O–H groups in total. The summed E-state index contributed by atoms with van der Waals surface area (Å²) >= 11 is 4.21. The summed E-state index contributed by atoms with van der Waals surface area (Å²) in [6.45, 7) is 13.1. The second-order valence-corrected chi connectivity index (χ2v) is 19.0. The number of hydrogen-bond donors (Lipinski definition) is 5. The van der Waals surface area contributed by atoms with Crippen LogP contribution in [0, 0.1) is 17.8 Å². The highest BCUT2D eigenvalue weighted by atomic mass is 79.9. The number of benzene rings is 1. The number of aliphatic carboxylic acids is 1. The number of carbonyl (C=O) groups excluding carboxylic acids is 6. The molecule has 1 aromatic carbocycles. The van der Waals surface area contributed by atoms with E-state index in [1.807, 2.05) is 39.6 Å². The minimum atomic E-state index is -1.01. The standard InChI is InChI=1S/C47H72BrN7O11S/c1-9-30(4)42(53-44(60)37-12-10-11-19-54(37)7)46(61)55(8)38(29(2)3)26-39(66-32(6)56)45-52-36(28-67-45)43(59)51-35(24-31(5)47(62)63)25-33-13-15-34(16-14-33)50-40(57)17-20-64-22-23-65-21-18-49-41(58)27-48/h13-16,28-31,35,37-39,42H,9-12,17-27H2,1-8H3,(H,49,58)(H,50,57)(H,51,59)(H,53,60)(H,62,63)/t30-,31-,35+,37+,38+,39+,42-/m0/s1. The van der Waals surface area contributed by atoms with Crippen molar-refractivity contribution in [3.05, 3.63) is 45.9 Å². The molecule has 1 aliphatic heterocycles. The maximum absolute atomic E-state index is 14.3. The van der Waals surface area contributed by atoms with Crippen LogP contribution in [-0.2, 0) is 49.4 Å². The number of hydrogen-bond acceptors (Lipinski definition) is 13. The molecule has 18 nitrogen and oxygen atoms in total. The predicted molar refractivity (Wildman–Crippen MR) is 259 cm³/mol. The van der Waals surface area contributed by atoms with Crippen molar-refractivity contribution in [3.63, 3.8) is 0 Å². The lowest BCUT2D eigenvalue weighted by Crippen LogP contribution is -2.58. The van der Waals surface area contributed by atoms with E-state index >= 15 is 0 Å². The fourth-order valence-corrected chi connectivity index (χ4v) is 8.80. The minimum absolute atomic E-state index is 0.0633. The van der Waals surface area contributed by atoms with E-state index in [1.54, 1.807) is 48.5 Å². The lowest BCUT2D eigenvalue weighted by Gasteiger charge is -2.38. The van der Waals surface area contributed by atoms with Gasteiger partial charge in [0, 0.05) is 50.1 Å². The van der Waals surface area contributed by atoms with Crippen molar-refractivity contribution >= 4 is 74.4 Å². The van der Waals surface area contributed by atoms with Gasteiger partial charge in [0.15, 0.2) is 6.10 Å². The number of ether oxygens (including phenoxy) is 3. The summed E-state index contributed by atoms with van der Waals surface area (Å²) in [5, 5.41) is 23.4. The van der Waals surface area contributed by atoms with E-state index < -0.39 is 48.0 Å². The molecule has 0 unspecified atom stereocenters. The zero-order valence-electron chi connectivity index (χ0n) is 40.3. The fourth-order valence-electron chi connectivity index (χ4n) is 7.77. The van der Waals surface area contributed by atoms with E-state index in [0.29, 0.717) is 43.5 Å². The van der Waals surface area contributed by atoms with E-state index in [1.165, 1.54) is 6.92 Å². The van der Waals surface area contributed by atoms with Crippen LogP contribution in [0.1, 0.15) is 114 Å². The number of carbonyl (C=O) groups is 7. The number of carboxylic acid groups (broad SMARTS) is 1. The Labute approximate surface area is 407 Å². The summed E-state index contributed by atoms with van der Waals surface area (Å²) in [4.78, 5) is 98.0. The van der Waals surface area contributed by atoms with Crippen molar-refractivity contribution in [2.24, 2.45) is 17.8 Å². The van der Waals surface area contributed by atoms with Crippen molar-refractivity contribution in [2.45, 2.75) is 123 Å². The third-order valence-electron chi connectivity index (χ3n) is 11.9. The van der Waals surface area contributed by atoms with Gasteiger partial charge in [0.1, 0.15) is 16.7 Å².